The predicted molar refractivity (Wildman–Crippen MR) is 164 cm³/mol. The number of benzene rings is 2. The Morgan fingerprint density at radius 1 is 1.14 bits per heavy atom. The maximum absolute atomic E-state index is 13.8. The van der Waals surface area contributed by atoms with Crippen LogP contribution < -0.4 is 10.1 Å². The molecule has 12 heteroatoms. The number of hydrogen-bond donors (Lipinski definition) is 4. The molecule has 0 radical (unpaired) electrons. The van der Waals surface area contributed by atoms with Crippen LogP contribution in [0.1, 0.15) is 47.3 Å². The number of hydrogen-bond acceptors (Lipinski definition) is 8. The molecular formula is C32H37N3O8S. The van der Waals surface area contributed by atoms with Gasteiger partial charge in [-0.05, 0) is 62.6 Å². The van der Waals surface area contributed by atoms with E-state index in [-0.39, 0.29) is 34.2 Å². The Morgan fingerprint density at radius 3 is 2.50 bits per heavy atom. The van der Waals surface area contributed by atoms with Gasteiger partial charge in [-0.15, -0.1) is 11.8 Å². The van der Waals surface area contributed by atoms with E-state index >= 15 is 0 Å². The summed E-state index contributed by atoms with van der Waals surface area (Å²) in [5.74, 6) is -3.23. The Kier molecular flexibility index (Phi) is 8.79. The monoisotopic (exact) mass is 623 g/mol. The summed E-state index contributed by atoms with van der Waals surface area (Å²) < 4.78 is 5.68. The molecule has 0 aromatic heterocycles. The van der Waals surface area contributed by atoms with Crippen molar-refractivity contribution in [3.63, 3.8) is 0 Å². The molecule has 11 nitrogen and oxygen atoms in total. The number of aliphatic hydroxyl groups is 1. The van der Waals surface area contributed by atoms with Gasteiger partial charge < -0.3 is 30.3 Å². The van der Waals surface area contributed by atoms with Gasteiger partial charge in [0.25, 0.3) is 0 Å². The van der Waals surface area contributed by atoms with Crippen molar-refractivity contribution in [2.45, 2.75) is 64.1 Å². The molecule has 234 valence electrons. The van der Waals surface area contributed by atoms with Crippen LogP contribution in [0.3, 0.4) is 0 Å². The molecule has 3 aliphatic rings. The minimum absolute atomic E-state index is 0.0459. The Labute approximate surface area is 259 Å². The Morgan fingerprint density at radius 2 is 1.86 bits per heavy atom. The maximum atomic E-state index is 13.8. The van der Waals surface area contributed by atoms with Gasteiger partial charge in [0.2, 0.25) is 11.8 Å². The number of amides is 2. The number of aromatic carboxylic acids is 1. The van der Waals surface area contributed by atoms with Gasteiger partial charge in [-0.3, -0.25) is 14.5 Å². The van der Waals surface area contributed by atoms with Gasteiger partial charge in [-0.2, -0.15) is 0 Å². The number of rotatable bonds is 10. The molecule has 2 amide bonds. The molecule has 3 heterocycles. The van der Waals surface area contributed by atoms with Gasteiger partial charge in [0.1, 0.15) is 11.4 Å². The molecule has 2 saturated heterocycles. The number of likely N-dealkylation sites (tertiary alicyclic amines) is 1. The van der Waals surface area contributed by atoms with Crippen LogP contribution in [0.2, 0.25) is 0 Å². The minimum Gasteiger partial charge on any atom is -0.496 e. The number of carboxylic acid groups (broad SMARTS) is 2. The van der Waals surface area contributed by atoms with Crippen molar-refractivity contribution in [3.05, 3.63) is 69.3 Å². The minimum atomic E-state index is -1.19. The third-order valence-electron chi connectivity index (χ3n) is 8.81. The largest absolute Gasteiger partial charge is 0.496 e. The van der Waals surface area contributed by atoms with Crippen molar-refractivity contribution in [2.75, 3.05) is 19.0 Å². The van der Waals surface area contributed by atoms with E-state index in [0.717, 1.165) is 16.7 Å². The van der Waals surface area contributed by atoms with E-state index < -0.39 is 36.0 Å². The number of anilines is 1. The molecule has 0 saturated carbocycles. The highest BCUT2D eigenvalue weighted by Crippen LogP contribution is 2.52. The second-order valence-electron chi connectivity index (χ2n) is 11.8. The summed E-state index contributed by atoms with van der Waals surface area (Å²) in [6.07, 6.45) is -0.503. The van der Waals surface area contributed by atoms with E-state index in [1.54, 1.807) is 26.2 Å². The van der Waals surface area contributed by atoms with Crippen LogP contribution in [-0.4, -0.2) is 86.0 Å². The first-order valence-electron chi connectivity index (χ1n) is 14.5. The molecule has 4 N–H and O–H groups in total. The predicted octanol–water partition coefficient (Wildman–Crippen LogP) is 3.48. The van der Waals surface area contributed by atoms with Crippen LogP contribution in [0.5, 0.6) is 5.75 Å². The number of thioether (sulfide) groups is 1. The molecule has 0 bridgehead atoms. The number of carbonyl (C=O) groups is 4. The lowest BCUT2D eigenvalue weighted by molar-refractivity contribution is -0.163. The lowest BCUT2D eigenvalue weighted by atomic mass is 9.79. The fraction of sp³-hybridized carbons (Fsp3) is 0.438. The molecule has 0 aliphatic carbocycles. The third-order valence-corrected chi connectivity index (χ3v) is 10.3. The number of fused-ring (bicyclic) bond motifs is 1. The van der Waals surface area contributed by atoms with E-state index in [1.165, 1.54) is 28.8 Å². The fourth-order valence-corrected chi connectivity index (χ4v) is 8.31. The first-order chi connectivity index (χ1) is 20.8. The smallest absolute Gasteiger partial charge is 0.353 e. The number of methoxy groups -OCH3 is 1. The summed E-state index contributed by atoms with van der Waals surface area (Å²) in [7, 11) is 1.60. The number of carboxylic acids is 2. The molecule has 3 aliphatic heterocycles. The highest BCUT2D eigenvalue weighted by Gasteiger charge is 2.60. The number of β-lactam (4-membered cyclic amide) rings is 1. The molecule has 0 spiro atoms. The zero-order valence-electron chi connectivity index (χ0n) is 25.2. The van der Waals surface area contributed by atoms with Crippen LogP contribution in [-0.2, 0) is 20.9 Å². The Bertz CT molecular complexity index is 1560. The highest BCUT2D eigenvalue weighted by atomic mass is 32.2. The van der Waals surface area contributed by atoms with Gasteiger partial charge in [0, 0.05) is 40.4 Å². The second kappa shape index (κ2) is 12.3. The van der Waals surface area contributed by atoms with Gasteiger partial charge in [0.05, 0.1) is 36.8 Å². The molecule has 2 fully saturated rings. The lowest BCUT2D eigenvalue weighted by Crippen LogP contribution is -2.63. The second-order valence-corrected chi connectivity index (χ2v) is 13.2. The molecule has 6 atom stereocenters. The van der Waals surface area contributed by atoms with Crippen LogP contribution >= 0.6 is 11.8 Å². The van der Waals surface area contributed by atoms with Crippen molar-refractivity contribution in [2.24, 2.45) is 11.8 Å². The van der Waals surface area contributed by atoms with Crippen molar-refractivity contribution < 1.29 is 39.2 Å². The summed E-state index contributed by atoms with van der Waals surface area (Å²) >= 11 is 1.38. The summed E-state index contributed by atoms with van der Waals surface area (Å²) in [5.41, 5.74) is 3.36. The van der Waals surface area contributed by atoms with Crippen LogP contribution in [0.15, 0.2) is 47.0 Å². The number of aliphatic hydroxyl groups excluding tert-OH is 1. The standard InChI is InChI=1S/C32H37N3O8S/c1-15-9-16(2)22(24(10-15)43-5)14-34-13-21(12-23(34)29(37)33-20-8-6-7-19(11-20)31(39)40)44-28-17(3)26-25(18(4)36)30(38)35(26)27(28)32(41)42/h6-11,17-18,21,23,25-26,36H,12-14H2,1-5H3,(H,33,37)(H,39,40)(H,41,42)/t17-,18-,21+,23+,25-,26-/m1/s1. The quantitative estimate of drug-likeness (QED) is 0.289. The maximum Gasteiger partial charge on any atom is 0.353 e. The van der Waals surface area contributed by atoms with Crippen molar-refractivity contribution in [3.8, 4) is 5.75 Å². The Balaban J connectivity index is 1.44. The van der Waals surface area contributed by atoms with Crippen molar-refractivity contribution in [1.82, 2.24) is 9.80 Å². The summed E-state index contributed by atoms with van der Waals surface area (Å²) in [4.78, 5) is 54.4. The van der Waals surface area contributed by atoms with Gasteiger partial charge in [-0.1, -0.05) is 19.1 Å². The topological polar surface area (TPSA) is 157 Å². The van der Waals surface area contributed by atoms with E-state index in [2.05, 4.69) is 11.4 Å². The van der Waals surface area contributed by atoms with Crippen LogP contribution in [0, 0.1) is 25.7 Å². The van der Waals surface area contributed by atoms with Crippen molar-refractivity contribution >= 4 is 41.2 Å². The number of nitrogens with one attached hydrogen (secondary N) is 1. The Hall–Kier alpha value is -3.87. The number of ether oxygens (including phenoxy) is 1. The average Bonchev–Trinajstić information content (AvgIpc) is 3.46. The molecule has 2 aromatic carbocycles. The first-order valence-corrected chi connectivity index (χ1v) is 15.4. The van der Waals surface area contributed by atoms with Crippen molar-refractivity contribution in [1.29, 1.82) is 0 Å². The number of carbonyl (C=O) groups excluding carboxylic acids is 2. The first kappa shape index (κ1) is 31.6. The summed E-state index contributed by atoms with van der Waals surface area (Å²) in [6.45, 7) is 8.25. The molecule has 0 unspecified atom stereocenters. The van der Waals surface area contributed by atoms with Gasteiger partial charge in [-0.25, -0.2) is 9.59 Å². The van der Waals surface area contributed by atoms with E-state index in [4.69, 9.17) is 4.74 Å². The third kappa shape index (κ3) is 5.69. The van der Waals surface area contributed by atoms with E-state index in [1.807, 2.05) is 31.7 Å². The number of aryl methyl sites for hydroxylation is 2. The molecule has 5 rings (SSSR count). The highest BCUT2D eigenvalue weighted by molar-refractivity contribution is 8.03. The number of nitrogens with zero attached hydrogens (tertiary/aromatic N) is 2. The zero-order chi connectivity index (χ0) is 32.0. The van der Waals surface area contributed by atoms with Crippen LogP contribution in [0.4, 0.5) is 5.69 Å². The normalized spacial score (nSPS) is 25.5. The SMILES string of the molecule is COc1cc(C)cc(C)c1CN1C[C@@H](SC2=C(C(=O)O)N3C(=O)[C@H]([C@@H](C)O)[C@H]3[C@H]2C)C[C@H]1C(=O)Nc1cccc(C(=O)O)c1. The lowest BCUT2D eigenvalue weighted by Gasteiger charge is -2.46. The van der Waals surface area contributed by atoms with Gasteiger partial charge in [0.15, 0.2) is 0 Å². The molecular weight excluding hydrogens is 586 g/mol. The summed E-state index contributed by atoms with van der Waals surface area (Å²) in [6, 6.07) is 9.02. The average molecular weight is 624 g/mol. The zero-order valence-corrected chi connectivity index (χ0v) is 26.1. The number of aliphatic carboxylic acids is 1. The van der Waals surface area contributed by atoms with E-state index in [9.17, 15) is 34.5 Å². The summed E-state index contributed by atoms with van der Waals surface area (Å²) in [5, 5.41) is 32.4. The molecule has 2 aromatic rings. The van der Waals surface area contributed by atoms with E-state index in [0.29, 0.717) is 35.9 Å². The van der Waals surface area contributed by atoms with Crippen LogP contribution in [0.25, 0.3) is 0 Å². The fourth-order valence-electron chi connectivity index (χ4n) is 6.75. The van der Waals surface area contributed by atoms with Gasteiger partial charge >= 0.3 is 11.9 Å². The molecule has 44 heavy (non-hydrogen) atoms.